The molecule has 0 heterocycles. The summed E-state index contributed by atoms with van der Waals surface area (Å²) in [5.74, 6) is 0.227. The number of aliphatic hydroxyl groups excluding tert-OH is 1. The van der Waals surface area contributed by atoms with E-state index in [1.165, 1.54) is 22.3 Å². The lowest BCUT2D eigenvalue weighted by atomic mass is 9.84. The van der Waals surface area contributed by atoms with Crippen molar-refractivity contribution < 1.29 is 9.90 Å². The molecular formula is C19H29NO2. The summed E-state index contributed by atoms with van der Waals surface area (Å²) in [5.41, 5.74) is 5.22. The van der Waals surface area contributed by atoms with E-state index in [0.29, 0.717) is 13.0 Å². The third kappa shape index (κ3) is 4.57. The zero-order valence-corrected chi connectivity index (χ0v) is 14.1. The minimum Gasteiger partial charge on any atom is -0.393 e. The van der Waals surface area contributed by atoms with Crippen LogP contribution in [-0.4, -0.2) is 23.7 Å². The predicted octanol–water partition coefficient (Wildman–Crippen LogP) is 3.21. The van der Waals surface area contributed by atoms with Crippen molar-refractivity contribution in [2.45, 2.75) is 65.4 Å². The van der Waals surface area contributed by atoms with Gasteiger partial charge in [0.1, 0.15) is 0 Å². The Morgan fingerprint density at radius 2 is 1.82 bits per heavy atom. The number of hydrogen-bond acceptors (Lipinski definition) is 2. The highest BCUT2D eigenvalue weighted by Gasteiger charge is 2.25. The van der Waals surface area contributed by atoms with Gasteiger partial charge in [-0.2, -0.15) is 0 Å². The first-order chi connectivity index (χ1) is 10.5. The Morgan fingerprint density at radius 1 is 1.18 bits per heavy atom. The van der Waals surface area contributed by atoms with Gasteiger partial charge in [0.15, 0.2) is 0 Å². The Balaban J connectivity index is 1.80. The largest absolute Gasteiger partial charge is 0.393 e. The number of nitrogens with one attached hydrogen (secondary N) is 1. The van der Waals surface area contributed by atoms with E-state index in [-0.39, 0.29) is 17.9 Å². The SMILES string of the molecule is Cc1cc(C)c(CCNC(=O)C[C@@H]2CCCC[C@H]2O)c(C)c1. The maximum atomic E-state index is 12.0. The molecule has 0 radical (unpaired) electrons. The maximum Gasteiger partial charge on any atom is 0.220 e. The molecule has 0 bridgehead atoms. The van der Waals surface area contributed by atoms with Crippen LogP contribution in [0.5, 0.6) is 0 Å². The van der Waals surface area contributed by atoms with E-state index in [0.717, 1.165) is 32.1 Å². The van der Waals surface area contributed by atoms with Crippen molar-refractivity contribution in [2.24, 2.45) is 5.92 Å². The summed E-state index contributed by atoms with van der Waals surface area (Å²) in [6.45, 7) is 7.05. The van der Waals surface area contributed by atoms with Gasteiger partial charge in [-0.25, -0.2) is 0 Å². The van der Waals surface area contributed by atoms with Crippen LogP contribution in [0.25, 0.3) is 0 Å². The van der Waals surface area contributed by atoms with Crippen molar-refractivity contribution in [3.63, 3.8) is 0 Å². The minimum absolute atomic E-state index is 0.0772. The van der Waals surface area contributed by atoms with Gasteiger partial charge in [0.25, 0.3) is 0 Å². The van der Waals surface area contributed by atoms with E-state index in [1.54, 1.807) is 0 Å². The molecule has 1 aromatic rings. The monoisotopic (exact) mass is 303 g/mol. The van der Waals surface area contributed by atoms with Crippen LogP contribution in [0.4, 0.5) is 0 Å². The van der Waals surface area contributed by atoms with Crippen molar-refractivity contribution in [3.05, 3.63) is 34.4 Å². The molecule has 1 saturated carbocycles. The summed E-state index contributed by atoms with van der Waals surface area (Å²) in [6, 6.07) is 4.39. The van der Waals surface area contributed by atoms with Crippen LogP contribution in [0.15, 0.2) is 12.1 Å². The highest BCUT2D eigenvalue weighted by Crippen LogP contribution is 2.26. The molecule has 1 aliphatic rings. The molecule has 2 N–H and O–H groups in total. The standard InChI is InChI=1S/C19H29NO2/c1-13-10-14(2)17(15(3)11-13)8-9-20-19(22)12-16-6-4-5-7-18(16)21/h10-11,16,18,21H,4-9,12H2,1-3H3,(H,20,22)/t16-,18+/m0/s1. The van der Waals surface area contributed by atoms with Gasteiger partial charge < -0.3 is 10.4 Å². The zero-order chi connectivity index (χ0) is 16.1. The van der Waals surface area contributed by atoms with Crippen molar-refractivity contribution in [2.75, 3.05) is 6.54 Å². The zero-order valence-electron chi connectivity index (χ0n) is 14.1. The molecule has 0 spiro atoms. The molecule has 1 aliphatic carbocycles. The minimum atomic E-state index is -0.291. The first kappa shape index (κ1) is 17.0. The van der Waals surface area contributed by atoms with Gasteiger partial charge in [-0.05, 0) is 62.6 Å². The van der Waals surface area contributed by atoms with E-state index >= 15 is 0 Å². The second kappa shape index (κ2) is 7.77. The van der Waals surface area contributed by atoms with Crippen molar-refractivity contribution in [1.82, 2.24) is 5.32 Å². The van der Waals surface area contributed by atoms with E-state index in [2.05, 4.69) is 38.2 Å². The number of benzene rings is 1. The fourth-order valence-corrected chi connectivity index (χ4v) is 3.67. The third-order valence-electron chi connectivity index (χ3n) is 4.85. The van der Waals surface area contributed by atoms with Crippen LogP contribution in [0.1, 0.15) is 54.4 Å². The van der Waals surface area contributed by atoms with Gasteiger partial charge in [0, 0.05) is 13.0 Å². The van der Waals surface area contributed by atoms with Crippen LogP contribution in [0.2, 0.25) is 0 Å². The molecular weight excluding hydrogens is 274 g/mol. The van der Waals surface area contributed by atoms with Gasteiger partial charge >= 0.3 is 0 Å². The van der Waals surface area contributed by atoms with E-state index in [4.69, 9.17) is 0 Å². The smallest absolute Gasteiger partial charge is 0.220 e. The molecule has 0 saturated heterocycles. The summed E-state index contributed by atoms with van der Waals surface area (Å²) in [5, 5.41) is 13.0. The molecule has 122 valence electrons. The fraction of sp³-hybridized carbons (Fsp3) is 0.632. The lowest BCUT2D eigenvalue weighted by molar-refractivity contribution is -0.123. The number of hydrogen-bond donors (Lipinski definition) is 2. The van der Waals surface area contributed by atoms with Crippen molar-refractivity contribution in [3.8, 4) is 0 Å². The summed E-state index contributed by atoms with van der Waals surface area (Å²) in [4.78, 5) is 12.0. The third-order valence-corrected chi connectivity index (χ3v) is 4.85. The van der Waals surface area contributed by atoms with Crippen LogP contribution >= 0.6 is 0 Å². The van der Waals surface area contributed by atoms with Gasteiger partial charge in [-0.15, -0.1) is 0 Å². The molecule has 0 unspecified atom stereocenters. The number of aryl methyl sites for hydroxylation is 3. The second-order valence-corrected chi connectivity index (χ2v) is 6.79. The first-order valence-corrected chi connectivity index (χ1v) is 8.49. The van der Waals surface area contributed by atoms with Crippen LogP contribution in [0, 0.1) is 26.7 Å². The topological polar surface area (TPSA) is 49.3 Å². The Kier molecular flexibility index (Phi) is 6.01. The molecule has 1 aromatic carbocycles. The summed E-state index contributed by atoms with van der Waals surface area (Å²) < 4.78 is 0. The number of amides is 1. The Bertz CT molecular complexity index is 501. The normalized spacial score (nSPS) is 21.6. The van der Waals surface area contributed by atoms with Gasteiger partial charge in [0.2, 0.25) is 5.91 Å². The molecule has 22 heavy (non-hydrogen) atoms. The summed E-state index contributed by atoms with van der Waals surface area (Å²) in [6.07, 6.45) is 5.09. The van der Waals surface area contributed by atoms with Crippen LogP contribution in [0.3, 0.4) is 0 Å². The van der Waals surface area contributed by atoms with Crippen molar-refractivity contribution in [1.29, 1.82) is 0 Å². The number of carbonyl (C=O) groups is 1. The van der Waals surface area contributed by atoms with E-state index in [1.807, 2.05) is 0 Å². The summed E-state index contributed by atoms with van der Waals surface area (Å²) in [7, 11) is 0. The van der Waals surface area contributed by atoms with Crippen LogP contribution in [-0.2, 0) is 11.2 Å². The van der Waals surface area contributed by atoms with E-state index in [9.17, 15) is 9.90 Å². The molecule has 0 aliphatic heterocycles. The average molecular weight is 303 g/mol. The van der Waals surface area contributed by atoms with Crippen molar-refractivity contribution >= 4 is 5.91 Å². The number of aliphatic hydroxyl groups is 1. The Hall–Kier alpha value is -1.35. The predicted molar refractivity (Wildman–Crippen MR) is 89.9 cm³/mol. The van der Waals surface area contributed by atoms with Gasteiger partial charge in [-0.1, -0.05) is 30.5 Å². The molecule has 0 aromatic heterocycles. The van der Waals surface area contributed by atoms with Gasteiger partial charge in [-0.3, -0.25) is 4.79 Å². The molecule has 1 fully saturated rings. The highest BCUT2D eigenvalue weighted by molar-refractivity contribution is 5.76. The quantitative estimate of drug-likeness (QED) is 0.877. The second-order valence-electron chi connectivity index (χ2n) is 6.79. The first-order valence-electron chi connectivity index (χ1n) is 8.49. The van der Waals surface area contributed by atoms with E-state index < -0.39 is 0 Å². The average Bonchev–Trinajstić information content (AvgIpc) is 2.44. The molecule has 3 nitrogen and oxygen atoms in total. The molecule has 3 heteroatoms. The van der Waals surface area contributed by atoms with Crippen LogP contribution < -0.4 is 5.32 Å². The fourth-order valence-electron chi connectivity index (χ4n) is 3.67. The number of carbonyl (C=O) groups excluding carboxylic acids is 1. The summed E-state index contributed by atoms with van der Waals surface area (Å²) >= 11 is 0. The number of rotatable bonds is 5. The molecule has 2 rings (SSSR count). The lowest BCUT2D eigenvalue weighted by Gasteiger charge is -2.27. The Labute approximate surface area is 134 Å². The highest BCUT2D eigenvalue weighted by atomic mass is 16.3. The Morgan fingerprint density at radius 3 is 2.45 bits per heavy atom. The maximum absolute atomic E-state index is 12.0. The lowest BCUT2D eigenvalue weighted by Crippen LogP contribution is -2.33. The molecule has 1 amide bonds. The molecule has 2 atom stereocenters. The van der Waals surface area contributed by atoms with Gasteiger partial charge in [0.05, 0.1) is 6.10 Å².